The maximum atomic E-state index is 12.4. The number of hydrogen-bond acceptors (Lipinski definition) is 7. The van der Waals surface area contributed by atoms with Crippen LogP contribution in [0.3, 0.4) is 0 Å². The molecule has 7 nitrogen and oxygen atoms in total. The van der Waals surface area contributed by atoms with Crippen molar-refractivity contribution < 1.29 is 26.8 Å². The molecule has 0 spiro atoms. The Hall–Kier alpha value is -3.04. The first-order valence-electron chi connectivity index (χ1n) is 9.00. The fourth-order valence-corrected chi connectivity index (χ4v) is 3.88. The lowest BCUT2D eigenvalue weighted by molar-refractivity contribution is 0.324. The third-order valence-corrected chi connectivity index (χ3v) is 5.98. The highest BCUT2D eigenvalue weighted by molar-refractivity contribution is 9.10. The van der Waals surface area contributed by atoms with Crippen molar-refractivity contribution in [3.63, 3.8) is 0 Å². The van der Waals surface area contributed by atoms with Crippen molar-refractivity contribution in [3.8, 4) is 23.0 Å². The predicted molar refractivity (Wildman–Crippen MR) is 122 cm³/mol. The summed E-state index contributed by atoms with van der Waals surface area (Å²) in [5.74, 6) is 1.72. The number of benzene rings is 3. The zero-order chi connectivity index (χ0) is 22.4. The number of methoxy groups -OCH3 is 3. The second-order valence-electron chi connectivity index (χ2n) is 6.20. The lowest BCUT2D eigenvalue weighted by atomic mass is 10.2. The standard InChI is InChI=1S/C22H20BrNO6S/c1-27-20-12-15(13-21(28-2)22(20)29-3)14-24-17-6-8-18(9-7-17)30-31(25,26)19-10-4-16(23)5-11-19/h4-14H,1-3H3/b24-14+. The molecule has 0 fully saturated rings. The fraction of sp³-hybridized carbons (Fsp3) is 0.136. The van der Waals surface area contributed by atoms with E-state index in [4.69, 9.17) is 18.4 Å². The second kappa shape index (κ2) is 9.84. The number of halogens is 1. The van der Waals surface area contributed by atoms with Gasteiger partial charge in [-0.2, -0.15) is 8.42 Å². The van der Waals surface area contributed by atoms with Crippen molar-refractivity contribution in [2.24, 2.45) is 4.99 Å². The van der Waals surface area contributed by atoms with Crippen molar-refractivity contribution in [1.82, 2.24) is 0 Å². The normalized spacial score (nSPS) is 11.4. The molecule has 0 aliphatic heterocycles. The maximum absolute atomic E-state index is 12.4. The molecule has 162 valence electrons. The SMILES string of the molecule is COc1cc(/C=N/c2ccc(OS(=O)(=O)c3ccc(Br)cc3)cc2)cc(OC)c1OC. The zero-order valence-corrected chi connectivity index (χ0v) is 19.4. The van der Waals surface area contributed by atoms with E-state index >= 15 is 0 Å². The lowest BCUT2D eigenvalue weighted by Crippen LogP contribution is -2.09. The van der Waals surface area contributed by atoms with Crippen LogP contribution in [0.1, 0.15) is 5.56 Å². The molecule has 0 aromatic heterocycles. The van der Waals surface area contributed by atoms with Crippen molar-refractivity contribution >= 4 is 38.0 Å². The van der Waals surface area contributed by atoms with Crippen LogP contribution >= 0.6 is 15.9 Å². The van der Waals surface area contributed by atoms with E-state index in [9.17, 15) is 8.42 Å². The largest absolute Gasteiger partial charge is 0.493 e. The lowest BCUT2D eigenvalue weighted by Gasteiger charge is -2.12. The van der Waals surface area contributed by atoms with Crippen LogP contribution < -0.4 is 18.4 Å². The van der Waals surface area contributed by atoms with Gasteiger partial charge in [-0.3, -0.25) is 4.99 Å². The highest BCUT2D eigenvalue weighted by Gasteiger charge is 2.16. The molecular weight excluding hydrogens is 486 g/mol. The summed E-state index contributed by atoms with van der Waals surface area (Å²) in [7, 11) is 0.699. The minimum absolute atomic E-state index is 0.0696. The Morgan fingerprint density at radius 2 is 1.42 bits per heavy atom. The van der Waals surface area contributed by atoms with Crippen LogP contribution in [0.15, 0.2) is 75.0 Å². The third-order valence-electron chi connectivity index (χ3n) is 4.19. The maximum Gasteiger partial charge on any atom is 0.339 e. The number of aliphatic imine (C=N–C) groups is 1. The fourth-order valence-electron chi connectivity index (χ4n) is 2.69. The minimum atomic E-state index is -3.92. The van der Waals surface area contributed by atoms with Crippen LogP contribution in [0.5, 0.6) is 23.0 Å². The zero-order valence-electron chi connectivity index (χ0n) is 17.0. The average molecular weight is 506 g/mol. The van der Waals surface area contributed by atoms with Gasteiger partial charge in [0.25, 0.3) is 0 Å². The van der Waals surface area contributed by atoms with Crippen LogP contribution in [0.4, 0.5) is 5.69 Å². The van der Waals surface area contributed by atoms with E-state index in [-0.39, 0.29) is 10.6 Å². The van der Waals surface area contributed by atoms with Gasteiger partial charge in [0.2, 0.25) is 5.75 Å². The molecule has 0 N–H and O–H groups in total. The molecule has 0 bridgehead atoms. The van der Waals surface area contributed by atoms with Crippen LogP contribution in [0, 0.1) is 0 Å². The summed E-state index contributed by atoms with van der Waals surface area (Å²) in [5.41, 5.74) is 1.36. The Labute approximate surface area is 189 Å². The Bertz CT molecular complexity index is 1150. The molecule has 0 aliphatic rings. The first-order chi connectivity index (χ1) is 14.9. The molecule has 3 aromatic rings. The molecule has 0 aliphatic carbocycles. The molecule has 0 unspecified atom stereocenters. The van der Waals surface area contributed by atoms with Gasteiger partial charge in [-0.15, -0.1) is 0 Å². The molecule has 31 heavy (non-hydrogen) atoms. The monoisotopic (exact) mass is 505 g/mol. The molecule has 3 rings (SSSR count). The Balaban J connectivity index is 1.76. The molecule has 0 heterocycles. The van der Waals surface area contributed by atoms with Crippen LogP contribution in [0.25, 0.3) is 0 Å². The highest BCUT2D eigenvalue weighted by atomic mass is 79.9. The van der Waals surface area contributed by atoms with Crippen LogP contribution in [-0.2, 0) is 10.1 Å². The van der Waals surface area contributed by atoms with Gasteiger partial charge < -0.3 is 18.4 Å². The van der Waals surface area contributed by atoms with E-state index in [1.807, 2.05) is 0 Å². The topological polar surface area (TPSA) is 83.4 Å². The number of hydrogen-bond donors (Lipinski definition) is 0. The van der Waals surface area contributed by atoms with Gasteiger partial charge in [0.05, 0.1) is 27.0 Å². The number of ether oxygens (including phenoxy) is 3. The van der Waals surface area contributed by atoms with Crippen molar-refractivity contribution in [3.05, 3.63) is 70.7 Å². The van der Waals surface area contributed by atoms with Gasteiger partial charge in [-0.1, -0.05) is 15.9 Å². The van der Waals surface area contributed by atoms with E-state index in [1.54, 1.807) is 56.8 Å². The quantitative estimate of drug-likeness (QED) is 0.316. The van der Waals surface area contributed by atoms with Crippen molar-refractivity contribution in [2.45, 2.75) is 4.90 Å². The third kappa shape index (κ3) is 5.56. The number of rotatable bonds is 8. The van der Waals surface area contributed by atoms with Gasteiger partial charge in [-0.05, 0) is 60.7 Å². The summed E-state index contributed by atoms with van der Waals surface area (Å²) >= 11 is 3.27. The smallest absolute Gasteiger partial charge is 0.339 e. The Morgan fingerprint density at radius 3 is 1.94 bits per heavy atom. The summed E-state index contributed by atoms with van der Waals surface area (Å²) in [6.45, 7) is 0. The summed E-state index contributed by atoms with van der Waals surface area (Å²) in [6.07, 6.45) is 1.64. The van der Waals surface area contributed by atoms with Crippen LogP contribution in [-0.4, -0.2) is 36.0 Å². The molecule has 0 saturated heterocycles. The van der Waals surface area contributed by atoms with E-state index in [2.05, 4.69) is 20.9 Å². The van der Waals surface area contributed by atoms with E-state index in [0.29, 0.717) is 22.9 Å². The summed E-state index contributed by atoms with van der Waals surface area (Å²) in [4.78, 5) is 4.47. The van der Waals surface area contributed by atoms with Gasteiger partial charge in [-0.25, -0.2) is 0 Å². The highest BCUT2D eigenvalue weighted by Crippen LogP contribution is 2.37. The van der Waals surface area contributed by atoms with Crippen molar-refractivity contribution in [1.29, 1.82) is 0 Å². The van der Waals surface area contributed by atoms with Gasteiger partial charge in [0, 0.05) is 16.3 Å². The summed E-state index contributed by atoms with van der Waals surface area (Å²) < 4.78 is 46.7. The predicted octanol–water partition coefficient (Wildman–Crippen LogP) is 4.99. The van der Waals surface area contributed by atoms with Gasteiger partial charge >= 0.3 is 10.1 Å². The summed E-state index contributed by atoms with van der Waals surface area (Å²) in [6, 6.07) is 16.1. The molecular formula is C22H20BrNO6S. The molecule has 0 saturated carbocycles. The molecule has 0 radical (unpaired) electrons. The first kappa shape index (κ1) is 22.6. The minimum Gasteiger partial charge on any atom is -0.493 e. The average Bonchev–Trinajstić information content (AvgIpc) is 2.77. The Morgan fingerprint density at radius 1 is 0.839 bits per heavy atom. The van der Waals surface area contributed by atoms with Gasteiger partial charge in [0.15, 0.2) is 11.5 Å². The number of nitrogens with zero attached hydrogens (tertiary/aromatic N) is 1. The van der Waals surface area contributed by atoms with Crippen LogP contribution in [0.2, 0.25) is 0 Å². The van der Waals surface area contributed by atoms with E-state index < -0.39 is 10.1 Å². The molecule has 3 aromatic carbocycles. The molecule has 0 amide bonds. The summed E-state index contributed by atoms with van der Waals surface area (Å²) in [5, 5.41) is 0. The molecule has 0 atom stereocenters. The first-order valence-corrected chi connectivity index (χ1v) is 11.2. The van der Waals surface area contributed by atoms with Crippen molar-refractivity contribution in [2.75, 3.05) is 21.3 Å². The van der Waals surface area contributed by atoms with E-state index in [0.717, 1.165) is 10.0 Å². The molecule has 9 heteroatoms. The second-order valence-corrected chi connectivity index (χ2v) is 8.66. The van der Waals surface area contributed by atoms with Gasteiger partial charge in [0.1, 0.15) is 10.6 Å². The Kier molecular flexibility index (Phi) is 7.19. The van der Waals surface area contributed by atoms with E-state index in [1.165, 1.54) is 31.4 Å².